The van der Waals surface area contributed by atoms with Gasteiger partial charge in [0.05, 0.1) is 16.7 Å². The van der Waals surface area contributed by atoms with Crippen LogP contribution in [-0.4, -0.2) is 4.57 Å². The lowest BCUT2D eigenvalue weighted by atomic mass is 9.82. The molecule has 0 saturated heterocycles. The highest BCUT2D eigenvalue weighted by Gasteiger charge is 2.39. The van der Waals surface area contributed by atoms with Gasteiger partial charge in [0.1, 0.15) is 11.7 Å². The van der Waals surface area contributed by atoms with Gasteiger partial charge in [-0.3, -0.25) is 9.88 Å². The van der Waals surface area contributed by atoms with Crippen LogP contribution in [0.25, 0.3) is 32.9 Å². The summed E-state index contributed by atoms with van der Waals surface area (Å²) in [7, 11) is 0. The molecular formula is C35H32N3+. The number of quaternary nitrogens is 1. The molecule has 2 aliphatic carbocycles. The smallest absolute Gasteiger partial charge is 0.195 e. The summed E-state index contributed by atoms with van der Waals surface area (Å²) < 4.78 is 2.62. The molecule has 1 aliphatic heterocycles. The van der Waals surface area contributed by atoms with Crippen LogP contribution in [0.3, 0.4) is 0 Å². The number of aromatic nitrogens is 1. The molecule has 3 aliphatic rings. The van der Waals surface area contributed by atoms with Crippen LogP contribution < -0.4 is 10.6 Å². The van der Waals surface area contributed by atoms with Crippen molar-refractivity contribution in [3.05, 3.63) is 131 Å². The van der Waals surface area contributed by atoms with Gasteiger partial charge in [0.15, 0.2) is 6.17 Å². The monoisotopic (exact) mass is 494 g/mol. The lowest BCUT2D eigenvalue weighted by Gasteiger charge is -2.36. The van der Waals surface area contributed by atoms with E-state index in [0.717, 1.165) is 12.8 Å². The molecular weight excluding hydrogens is 462 g/mol. The van der Waals surface area contributed by atoms with Crippen molar-refractivity contribution in [2.75, 3.05) is 0 Å². The first kappa shape index (κ1) is 22.0. The van der Waals surface area contributed by atoms with E-state index in [4.69, 9.17) is 0 Å². The average Bonchev–Trinajstić information content (AvgIpc) is 3.40. The van der Waals surface area contributed by atoms with Gasteiger partial charge >= 0.3 is 0 Å². The minimum Gasteiger partial charge on any atom is -0.367 e. The first-order chi connectivity index (χ1) is 18.6. The van der Waals surface area contributed by atoms with Crippen LogP contribution in [0.1, 0.15) is 55.6 Å². The molecule has 0 amide bonds. The van der Waals surface area contributed by atoms with E-state index in [1.807, 2.05) is 0 Å². The lowest BCUT2D eigenvalue weighted by Crippen LogP contribution is -2.88. The molecule has 3 N–H and O–H groups in total. The van der Waals surface area contributed by atoms with Crippen molar-refractivity contribution in [3.63, 3.8) is 0 Å². The Balaban J connectivity index is 1.42. The third-order valence-corrected chi connectivity index (χ3v) is 9.11. The summed E-state index contributed by atoms with van der Waals surface area (Å²) in [5.74, 6) is 0. The van der Waals surface area contributed by atoms with Gasteiger partial charge in [-0.2, -0.15) is 0 Å². The molecule has 38 heavy (non-hydrogen) atoms. The molecule has 3 nitrogen and oxygen atoms in total. The highest BCUT2D eigenvalue weighted by molar-refractivity contribution is 6.10. The zero-order valence-electron chi connectivity index (χ0n) is 21.9. The van der Waals surface area contributed by atoms with Gasteiger partial charge < -0.3 is 5.32 Å². The Labute approximate surface area is 223 Å². The summed E-state index contributed by atoms with van der Waals surface area (Å²) >= 11 is 0. The molecule has 2 unspecified atom stereocenters. The Bertz CT molecular complexity index is 1800. The second kappa shape index (κ2) is 7.96. The standard InChI is InChI=1S/C35H31N3/c1-35(2)27-16-8-6-14-23(27)25-20-26-24-15-7-11-19-31(24)38(32(26)21-28(25)35)34-33(22-12-4-3-5-13-22)36-29-17-9-10-18-30(29)37-34/h3-9,11-17,19-21,33-34,36-37H,10,18H2,1-2H3/p+1. The van der Waals surface area contributed by atoms with E-state index >= 15 is 0 Å². The van der Waals surface area contributed by atoms with E-state index in [0.29, 0.717) is 0 Å². The van der Waals surface area contributed by atoms with E-state index in [9.17, 15) is 0 Å². The zero-order valence-corrected chi connectivity index (χ0v) is 21.9. The molecule has 0 radical (unpaired) electrons. The molecule has 8 rings (SSSR count). The SMILES string of the molecule is CC1(C)c2ccccc2-c2cc3c4ccccc4n(C4[NH2+]C5=C(C=CCC5)NC4c4ccccc4)c3cc21. The fraction of sp³-hybridized carbons (Fsp3) is 0.200. The van der Waals surface area contributed by atoms with Crippen molar-refractivity contribution >= 4 is 21.8 Å². The quantitative estimate of drug-likeness (QED) is 0.270. The van der Waals surface area contributed by atoms with Gasteiger partial charge in [-0.15, -0.1) is 0 Å². The number of para-hydroxylation sites is 1. The van der Waals surface area contributed by atoms with Gasteiger partial charge in [0, 0.05) is 22.6 Å². The van der Waals surface area contributed by atoms with Crippen molar-refractivity contribution in [3.8, 4) is 11.1 Å². The van der Waals surface area contributed by atoms with E-state index in [2.05, 4.69) is 132 Å². The molecule has 186 valence electrons. The molecule has 2 atom stereocenters. The van der Waals surface area contributed by atoms with Crippen molar-refractivity contribution < 1.29 is 5.32 Å². The number of allylic oxidation sites excluding steroid dienone is 3. The lowest BCUT2D eigenvalue weighted by molar-refractivity contribution is -0.677. The predicted octanol–water partition coefficient (Wildman–Crippen LogP) is 7.07. The average molecular weight is 495 g/mol. The number of hydrogen-bond acceptors (Lipinski definition) is 1. The van der Waals surface area contributed by atoms with Gasteiger partial charge in [-0.25, -0.2) is 0 Å². The van der Waals surface area contributed by atoms with Crippen LogP contribution in [0.15, 0.2) is 115 Å². The first-order valence-electron chi connectivity index (χ1n) is 13.8. The highest BCUT2D eigenvalue weighted by Crippen LogP contribution is 2.51. The molecule has 0 fully saturated rings. The molecule has 2 heterocycles. The van der Waals surface area contributed by atoms with E-state index in [1.165, 1.54) is 61.0 Å². The number of nitrogens with zero attached hydrogens (tertiary/aromatic N) is 1. The molecule has 0 spiro atoms. The predicted molar refractivity (Wildman–Crippen MR) is 156 cm³/mol. The van der Waals surface area contributed by atoms with Gasteiger partial charge in [0.25, 0.3) is 0 Å². The van der Waals surface area contributed by atoms with E-state index < -0.39 is 0 Å². The van der Waals surface area contributed by atoms with E-state index in [1.54, 1.807) is 0 Å². The fourth-order valence-electron chi connectivity index (χ4n) is 7.23. The number of benzene rings is 4. The maximum Gasteiger partial charge on any atom is 0.195 e. The van der Waals surface area contributed by atoms with Gasteiger partial charge in [-0.1, -0.05) is 92.7 Å². The minimum atomic E-state index is -0.0291. The summed E-state index contributed by atoms with van der Waals surface area (Å²) in [6.45, 7) is 4.76. The Morgan fingerprint density at radius 2 is 1.58 bits per heavy atom. The summed E-state index contributed by atoms with van der Waals surface area (Å²) in [5, 5.41) is 9.18. The molecule has 5 aromatic rings. The molecule has 4 aromatic carbocycles. The Morgan fingerprint density at radius 3 is 2.47 bits per heavy atom. The van der Waals surface area contributed by atoms with Crippen molar-refractivity contribution in [2.24, 2.45) is 0 Å². The number of rotatable bonds is 2. The molecule has 3 heteroatoms. The highest BCUT2D eigenvalue weighted by atomic mass is 15.3. The second-order valence-corrected chi connectivity index (χ2v) is 11.5. The van der Waals surface area contributed by atoms with Crippen LogP contribution in [0.5, 0.6) is 0 Å². The summed E-state index contributed by atoms with van der Waals surface area (Å²) in [4.78, 5) is 0. The summed E-state index contributed by atoms with van der Waals surface area (Å²) in [5.41, 5.74) is 12.2. The van der Waals surface area contributed by atoms with Crippen LogP contribution >= 0.6 is 0 Å². The Hall–Kier alpha value is -4.08. The number of hydrogen-bond donors (Lipinski definition) is 2. The molecule has 0 bridgehead atoms. The Morgan fingerprint density at radius 1 is 0.789 bits per heavy atom. The van der Waals surface area contributed by atoms with Gasteiger partial charge in [-0.05, 0) is 58.5 Å². The van der Waals surface area contributed by atoms with Gasteiger partial charge in [0.2, 0.25) is 0 Å². The zero-order chi connectivity index (χ0) is 25.4. The fourth-order valence-corrected chi connectivity index (χ4v) is 7.23. The normalized spacial score (nSPS) is 21.3. The van der Waals surface area contributed by atoms with Crippen molar-refractivity contribution in [1.82, 2.24) is 9.88 Å². The second-order valence-electron chi connectivity index (χ2n) is 11.5. The number of fused-ring (bicyclic) bond motifs is 6. The van der Waals surface area contributed by atoms with Crippen molar-refractivity contribution in [1.29, 1.82) is 0 Å². The van der Waals surface area contributed by atoms with Crippen LogP contribution in [0, 0.1) is 0 Å². The third-order valence-electron chi connectivity index (χ3n) is 9.11. The summed E-state index contributed by atoms with van der Waals surface area (Å²) in [6, 6.07) is 34.0. The van der Waals surface area contributed by atoms with Crippen LogP contribution in [-0.2, 0) is 5.41 Å². The number of nitrogens with one attached hydrogen (secondary N) is 1. The van der Waals surface area contributed by atoms with Crippen LogP contribution in [0.4, 0.5) is 0 Å². The van der Waals surface area contributed by atoms with Crippen molar-refractivity contribution in [2.45, 2.75) is 44.3 Å². The first-order valence-corrected chi connectivity index (χ1v) is 13.8. The third kappa shape index (κ3) is 3.00. The maximum absolute atomic E-state index is 3.96. The van der Waals surface area contributed by atoms with E-state index in [-0.39, 0.29) is 17.6 Å². The Kier molecular flexibility index (Phi) is 4.60. The maximum atomic E-state index is 3.96. The molecule has 1 aromatic heterocycles. The summed E-state index contributed by atoms with van der Waals surface area (Å²) in [6.07, 6.45) is 6.93. The number of nitrogens with two attached hydrogens (primary N) is 1. The minimum absolute atomic E-state index is 0.0291. The molecule has 0 saturated carbocycles. The topological polar surface area (TPSA) is 33.6 Å². The largest absolute Gasteiger partial charge is 0.367 e. The van der Waals surface area contributed by atoms with Crippen LogP contribution in [0.2, 0.25) is 0 Å².